The molecule has 0 amide bonds. The molecule has 0 spiro atoms. The maximum Gasteiger partial charge on any atom is 0.306 e. The monoisotopic (exact) mass is 344 g/mol. The molecule has 0 saturated heterocycles. The number of aliphatic hydroxyl groups is 2. The van der Waals surface area contributed by atoms with Crippen LogP contribution in [-0.4, -0.2) is 40.8 Å². The molecule has 0 aliphatic heterocycles. The summed E-state index contributed by atoms with van der Waals surface area (Å²) in [4.78, 5) is 23.6. The average molecular weight is 344 g/mol. The normalized spacial score (nSPS) is 13.5. The number of rotatable bonds is 16. The van der Waals surface area contributed by atoms with E-state index in [0.717, 1.165) is 32.1 Å². The first-order chi connectivity index (χ1) is 11.6. The van der Waals surface area contributed by atoms with Crippen molar-refractivity contribution in [3.8, 4) is 0 Å². The topological polar surface area (TPSA) is 83.8 Å². The van der Waals surface area contributed by atoms with Crippen molar-refractivity contribution in [3.63, 3.8) is 0 Å². The molecule has 0 saturated carbocycles. The van der Waals surface area contributed by atoms with Crippen LogP contribution in [0.2, 0.25) is 0 Å². The molecule has 0 bridgehead atoms. The van der Waals surface area contributed by atoms with Gasteiger partial charge in [0.25, 0.3) is 0 Å². The molecular weight excluding hydrogens is 308 g/mol. The minimum atomic E-state index is -1.43. The first-order valence-corrected chi connectivity index (χ1v) is 9.57. The zero-order chi connectivity index (χ0) is 18.2. The van der Waals surface area contributed by atoms with Gasteiger partial charge in [-0.1, -0.05) is 65.2 Å². The predicted octanol–water partition coefficient (Wildman–Crippen LogP) is 3.54. The van der Waals surface area contributed by atoms with Crippen molar-refractivity contribution < 1.29 is 24.5 Å². The Balaban J connectivity index is 3.95. The summed E-state index contributed by atoms with van der Waals surface area (Å²) in [5, 5.41) is 19.2. The summed E-state index contributed by atoms with van der Waals surface area (Å²) in [6, 6.07) is 0. The molecule has 0 radical (unpaired) electrons. The van der Waals surface area contributed by atoms with Crippen molar-refractivity contribution in [1.29, 1.82) is 0 Å². The van der Waals surface area contributed by atoms with Gasteiger partial charge in [0.15, 0.2) is 18.0 Å². The van der Waals surface area contributed by atoms with Crippen LogP contribution in [0.25, 0.3) is 0 Å². The van der Waals surface area contributed by atoms with Gasteiger partial charge in [0, 0.05) is 12.8 Å². The van der Waals surface area contributed by atoms with E-state index in [2.05, 4.69) is 6.92 Å². The first-order valence-electron chi connectivity index (χ1n) is 9.57. The smallest absolute Gasteiger partial charge is 0.306 e. The van der Waals surface area contributed by atoms with E-state index in [-0.39, 0.29) is 18.6 Å². The minimum absolute atomic E-state index is 0.251. The second-order valence-electron chi connectivity index (χ2n) is 6.45. The fourth-order valence-electron chi connectivity index (χ4n) is 2.56. The summed E-state index contributed by atoms with van der Waals surface area (Å²) in [5.74, 6) is -0.825. The Hall–Kier alpha value is -0.940. The van der Waals surface area contributed by atoms with Crippen molar-refractivity contribution in [3.05, 3.63) is 0 Å². The molecule has 142 valence electrons. The summed E-state index contributed by atoms with van der Waals surface area (Å²) in [6.45, 7) is 3.67. The fraction of sp³-hybridized carbons (Fsp3) is 0.895. The zero-order valence-electron chi connectivity index (χ0n) is 15.5. The molecule has 24 heavy (non-hydrogen) atoms. The van der Waals surface area contributed by atoms with Crippen LogP contribution in [0.15, 0.2) is 0 Å². The highest BCUT2D eigenvalue weighted by molar-refractivity contribution is 5.83. The summed E-state index contributed by atoms with van der Waals surface area (Å²) in [7, 11) is 0. The minimum Gasteiger partial charge on any atom is -0.457 e. The van der Waals surface area contributed by atoms with Crippen molar-refractivity contribution in [2.75, 3.05) is 6.61 Å². The number of unbranched alkanes of at least 4 members (excludes halogenated alkanes) is 8. The summed E-state index contributed by atoms with van der Waals surface area (Å²) >= 11 is 0. The van der Waals surface area contributed by atoms with Gasteiger partial charge in [-0.05, 0) is 12.8 Å². The van der Waals surface area contributed by atoms with Crippen LogP contribution in [0.1, 0.15) is 90.9 Å². The van der Waals surface area contributed by atoms with Crippen molar-refractivity contribution in [1.82, 2.24) is 0 Å². The SMILES string of the molecule is CCCCCCCCCC(=O)OC(CO)C(O)C(=O)CCCCC. The van der Waals surface area contributed by atoms with Crippen LogP contribution in [0, 0.1) is 0 Å². The van der Waals surface area contributed by atoms with E-state index >= 15 is 0 Å². The summed E-state index contributed by atoms with van der Waals surface area (Å²) in [6.07, 6.45) is 8.27. The lowest BCUT2D eigenvalue weighted by atomic mass is 10.0. The van der Waals surface area contributed by atoms with Gasteiger partial charge in [0.2, 0.25) is 0 Å². The number of hydrogen-bond donors (Lipinski definition) is 2. The Morgan fingerprint density at radius 3 is 1.92 bits per heavy atom. The highest BCUT2D eigenvalue weighted by Crippen LogP contribution is 2.11. The maximum absolute atomic E-state index is 11.8. The van der Waals surface area contributed by atoms with E-state index in [1.54, 1.807) is 0 Å². The summed E-state index contributed by atoms with van der Waals surface area (Å²) < 4.78 is 5.07. The van der Waals surface area contributed by atoms with Crippen LogP contribution >= 0.6 is 0 Å². The lowest BCUT2D eigenvalue weighted by Crippen LogP contribution is -2.40. The van der Waals surface area contributed by atoms with Crippen LogP contribution in [0.4, 0.5) is 0 Å². The van der Waals surface area contributed by atoms with Crippen molar-refractivity contribution in [2.45, 2.75) is 103 Å². The predicted molar refractivity (Wildman–Crippen MR) is 94.7 cm³/mol. The molecule has 0 aliphatic rings. The highest BCUT2D eigenvalue weighted by Gasteiger charge is 2.28. The Labute approximate surface area is 146 Å². The largest absolute Gasteiger partial charge is 0.457 e. The number of carbonyl (C=O) groups excluding carboxylic acids is 2. The molecule has 2 atom stereocenters. The molecular formula is C19H36O5. The third-order valence-electron chi connectivity index (χ3n) is 4.16. The second kappa shape index (κ2) is 15.6. The first kappa shape index (κ1) is 23.1. The van der Waals surface area contributed by atoms with E-state index in [1.165, 1.54) is 25.7 Å². The maximum atomic E-state index is 11.8. The lowest BCUT2D eigenvalue weighted by Gasteiger charge is -2.20. The number of Topliss-reactive ketones (excluding diaryl/α,β-unsaturated/α-hetero) is 1. The molecule has 0 aromatic heterocycles. The van der Waals surface area contributed by atoms with Crippen LogP contribution < -0.4 is 0 Å². The van der Waals surface area contributed by atoms with E-state index < -0.39 is 24.8 Å². The van der Waals surface area contributed by atoms with E-state index in [1.807, 2.05) is 6.92 Å². The number of hydrogen-bond acceptors (Lipinski definition) is 5. The third kappa shape index (κ3) is 11.6. The molecule has 0 rings (SSSR count). The molecule has 0 aromatic carbocycles. The molecule has 0 heterocycles. The quantitative estimate of drug-likeness (QED) is 0.330. The van der Waals surface area contributed by atoms with Crippen molar-refractivity contribution in [2.24, 2.45) is 0 Å². The van der Waals surface area contributed by atoms with Crippen molar-refractivity contribution >= 4 is 11.8 Å². The number of esters is 1. The Bertz CT molecular complexity index is 330. The molecule has 5 heteroatoms. The Morgan fingerprint density at radius 1 is 0.833 bits per heavy atom. The molecule has 5 nitrogen and oxygen atoms in total. The van der Waals surface area contributed by atoms with Gasteiger partial charge in [-0.3, -0.25) is 9.59 Å². The molecule has 0 fully saturated rings. The fourth-order valence-corrected chi connectivity index (χ4v) is 2.56. The van der Waals surface area contributed by atoms with Crippen LogP contribution in [0.3, 0.4) is 0 Å². The Morgan fingerprint density at radius 2 is 1.33 bits per heavy atom. The number of ether oxygens (including phenoxy) is 1. The molecule has 0 aliphatic carbocycles. The number of aliphatic hydroxyl groups excluding tert-OH is 2. The van der Waals surface area contributed by atoms with Crippen LogP contribution in [0.5, 0.6) is 0 Å². The van der Waals surface area contributed by atoms with Gasteiger partial charge in [-0.15, -0.1) is 0 Å². The lowest BCUT2D eigenvalue weighted by molar-refractivity contribution is -0.161. The highest BCUT2D eigenvalue weighted by atomic mass is 16.6. The number of carbonyl (C=O) groups is 2. The van der Waals surface area contributed by atoms with Gasteiger partial charge >= 0.3 is 5.97 Å². The third-order valence-corrected chi connectivity index (χ3v) is 4.16. The van der Waals surface area contributed by atoms with Gasteiger partial charge in [0.1, 0.15) is 0 Å². The molecule has 0 aromatic rings. The zero-order valence-corrected chi connectivity index (χ0v) is 15.5. The van der Waals surface area contributed by atoms with E-state index in [4.69, 9.17) is 4.74 Å². The van der Waals surface area contributed by atoms with E-state index in [0.29, 0.717) is 6.42 Å². The van der Waals surface area contributed by atoms with Gasteiger partial charge < -0.3 is 14.9 Å². The van der Waals surface area contributed by atoms with Gasteiger partial charge in [-0.25, -0.2) is 0 Å². The summed E-state index contributed by atoms with van der Waals surface area (Å²) in [5.41, 5.74) is 0. The number of ketones is 1. The van der Waals surface area contributed by atoms with Gasteiger partial charge in [0.05, 0.1) is 6.61 Å². The molecule has 2 unspecified atom stereocenters. The van der Waals surface area contributed by atoms with Gasteiger partial charge in [-0.2, -0.15) is 0 Å². The van der Waals surface area contributed by atoms with Crippen LogP contribution in [-0.2, 0) is 14.3 Å². The van der Waals surface area contributed by atoms with E-state index in [9.17, 15) is 19.8 Å². The Kier molecular flexibility index (Phi) is 15.0. The average Bonchev–Trinajstić information content (AvgIpc) is 2.58. The standard InChI is InChI=1S/C19H36O5/c1-3-5-7-8-9-10-12-14-18(22)24-17(15-20)19(23)16(21)13-11-6-4-2/h17,19-20,23H,3-15H2,1-2H3. The second-order valence-corrected chi connectivity index (χ2v) is 6.45. The molecule has 2 N–H and O–H groups in total.